The normalized spacial score (nSPS) is 26.6. The zero-order valence-corrected chi connectivity index (χ0v) is 12.6. The number of thiophene rings is 1. The van der Waals surface area contributed by atoms with Crippen LogP contribution in [0, 0.1) is 0 Å². The van der Waals surface area contributed by atoms with Gasteiger partial charge in [-0.1, -0.05) is 0 Å². The fraction of sp³-hybridized carbons (Fsp3) is 0.615. The van der Waals surface area contributed by atoms with Gasteiger partial charge in [0.05, 0.1) is 10.6 Å². The van der Waals surface area contributed by atoms with Crippen LogP contribution in [-0.4, -0.2) is 25.5 Å². The average molecular weight is 315 g/mol. The van der Waals surface area contributed by atoms with Gasteiger partial charge in [0, 0.05) is 24.1 Å². The Balaban J connectivity index is 2.12. The molecule has 0 aromatic carbocycles. The van der Waals surface area contributed by atoms with Gasteiger partial charge in [0.15, 0.2) is 11.6 Å². The summed E-state index contributed by atoms with van der Waals surface area (Å²) >= 11 is 1.54. The average Bonchev–Trinajstić information content (AvgIpc) is 2.76. The number of nitrogens with one attached hydrogen (secondary N) is 2. The molecule has 0 saturated carbocycles. The number of anilines is 1. The summed E-state index contributed by atoms with van der Waals surface area (Å²) in [6.45, 7) is 0.426. The summed E-state index contributed by atoms with van der Waals surface area (Å²) in [5.74, 6) is -2.41. The molecule has 0 saturated heterocycles. The van der Waals surface area contributed by atoms with Gasteiger partial charge in [0.25, 0.3) is 5.92 Å². The smallest absolute Gasteiger partial charge is 0.252 e. The van der Waals surface area contributed by atoms with Gasteiger partial charge < -0.3 is 16.8 Å². The number of rotatable bonds is 3. The largest absolute Gasteiger partial charge is 0.370 e. The number of aryl methyl sites for hydroxylation is 1. The summed E-state index contributed by atoms with van der Waals surface area (Å²) in [7, 11) is 1.79. The molecule has 8 heteroatoms. The predicted molar refractivity (Wildman–Crippen MR) is 80.9 cm³/mol. The minimum atomic E-state index is -2.65. The molecule has 1 aromatic rings. The van der Waals surface area contributed by atoms with E-state index in [0.717, 1.165) is 9.75 Å². The number of halogens is 2. The molecule has 2 aliphatic rings. The van der Waals surface area contributed by atoms with Crippen LogP contribution >= 0.6 is 11.3 Å². The first kappa shape index (κ1) is 14.7. The van der Waals surface area contributed by atoms with Crippen LogP contribution in [0.3, 0.4) is 0 Å². The van der Waals surface area contributed by atoms with Crippen LogP contribution in [0.2, 0.25) is 0 Å². The molecule has 1 aromatic heterocycles. The molecule has 21 heavy (non-hydrogen) atoms. The molecule has 1 unspecified atom stereocenters. The SMILES string of the molecule is CNC1(CCN)N=C(N)Nc2c1sc1c2CC(F)(F)CC1. The van der Waals surface area contributed by atoms with Crippen molar-refractivity contribution in [3.8, 4) is 0 Å². The molecule has 0 amide bonds. The minimum absolute atomic E-state index is 0.0980. The van der Waals surface area contributed by atoms with Crippen molar-refractivity contribution in [1.82, 2.24) is 5.32 Å². The molecular formula is C13H19F2N5S. The molecule has 2 heterocycles. The van der Waals surface area contributed by atoms with Crippen molar-refractivity contribution in [2.75, 3.05) is 18.9 Å². The molecule has 5 nitrogen and oxygen atoms in total. The first-order valence-corrected chi connectivity index (χ1v) is 7.76. The molecule has 116 valence electrons. The molecule has 0 fully saturated rings. The number of nitrogens with zero attached hydrogens (tertiary/aromatic N) is 1. The second-order valence-electron chi connectivity index (χ2n) is 5.51. The van der Waals surface area contributed by atoms with Gasteiger partial charge in [0.1, 0.15) is 0 Å². The monoisotopic (exact) mass is 315 g/mol. The number of guanidine groups is 1. The lowest BCUT2D eigenvalue weighted by atomic mass is 9.91. The molecule has 0 spiro atoms. The van der Waals surface area contributed by atoms with E-state index in [1.807, 2.05) is 0 Å². The molecule has 6 N–H and O–H groups in total. The van der Waals surface area contributed by atoms with E-state index in [1.54, 1.807) is 7.05 Å². The van der Waals surface area contributed by atoms with Crippen LogP contribution in [0.5, 0.6) is 0 Å². The highest BCUT2D eigenvalue weighted by Gasteiger charge is 2.43. The Morgan fingerprint density at radius 2 is 2.24 bits per heavy atom. The second kappa shape index (κ2) is 4.89. The highest BCUT2D eigenvalue weighted by atomic mass is 32.1. The standard InChI is InChI=1S/C13H19F2N5S/c1-18-13(4-5-16)10-9(19-11(17)20-13)7-6-12(14,15)3-2-8(7)21-10/h18H,2-6,16H2,1H3,(H3,17,19,20). The summed E-state index contributed by atoms with van der Waals surface area (Å²) < 4.78 is 27.5. The minimum Gasteiger partial charge on any atom is -0.370 e. The van der Waals surface area contributed by atoms with Gasteiger partial charge in [-0.3, -0.25) is 5.32 Å². The Labute approximate surface area is 125 Å². The fourth-order valence-electron chi connectivity index (χ4n) is 3.05. The van der Waals surface area contributed by atoms with E-state index in [9.17, 15) is 8.78 Å². The van der Waals surface area contributed by atoms with Gasteiger partial charge in [-0.2, -0.15) is 0 Å². The third-order valence-corrected chi connectivity index (χ3v) is 5.55. The number of hydrogen-bond acceptors (Lipinski definition) is 6. The van der Waals surface area contributed by atoms with Crippen LogP contribution in [0.25, 0.3) is 0 Å². The summed E-state index contributed by atoms with van der Waals surface area (Å²) in [5, 5.41) is 6.15. The number of fused-ring (bicyclic) bond motifs is 3. The van der Waals surface area contributed by atoms with Crippen molar-refractivity contribution >= 4 is 23.0 Å². The molecule has 1 aliphatic carbocycles. The third kappa shape index (κ3) is 2.31. The van der Waals surface area contributed by atoms with E-state index in [2.05, 4.69) is 15.6 Å². The van der Waals surface area contributed by atoms with Crippen molar-refractivity contribution in [2.45, 2.75) is 37.3 Å². The molecule has 3 rings (SSSR count). The maximum atomic E-state index is 13.7. The van der Waals surface area contributed by atoms with Gasteiger partial charge in [-0.25, -0.2) is 13.8 Å². The van der Waals surface area contributed by atoms with Gasteiger partial charge in [0.2, 0.25) is 0 Å². The van der Waals surface area contributed by atoms with Gasteiger partial charge in [-0.05, 0) is 25.6 Å². The predicted octanol–water partition coefficient (Wildman–Crippen LogP) is 1.33. The lowest BCUT2D eigenvalue weighted by Gasteiger charge is -2.33. The topological polar surface area (TPSA) is 88.5 Å². The lowest BCUT2D eigenvalue weighted by Crippen LogP contribution is -2.46. The molecule has 0 radical (unpaired) electrons. The highest BCUT2D eigenvalue weighted by Crippen LogP contribution is 2.48. The first-order chi connectivity index (χ1) is 9.91. The van der Waals surface area contributed by atoms with E-state index in [1.165, 1.54) is 11.3 Å². The van der Waals surface area contributed by atoms with E-state index in [4.69, 9.17) is 11.5 Å². The van der Waals surface area contributed by atoms with Crippen molar-refractivity contribution in [3.63, 3.8) is 0 Å². The van der Waals surface area contributed by atoms with Crippen LogP contribution in [0.4, 0.5) is 14.5 Å². The first-order valence-electron chi connectivity index (χ1n) is 6.95. The highest BCUT2D eigenvalue weighted by molar-refractivity contribution is 7.13. The third-order valence-electron chi connectivity index (χ3n) is 4.10. The van der Waals surface area contributed by atoms with Crippen LogP contribution in [0.1, 0.15) is 28.2 Å². The molecule has 1 atom stereocenters. The lowest BCUT2D eigenvalue weighted by molar-refractivity contribution is -0.0115. The van der Waals surface area contributed by atoms with Crippen LogP contribution < -0.4 is 22.1 Å². The Hall–Kier alpha value is -1.25. The second-order valence-corrected chi connectivity index (χ2v) is 6.62. The summed E-state index contributed by atoms with van der Waals surface area (Å²) in [4.78, 5) is 6.37. The van der Waals surface area contributed by atoms with E-state index in [-0.39, 0.29) is 18.8 Å². The maximum absolute atomic E-state index is 13.7. The van der Waals surface area contributed by atoms with Crippen molar-refractivity contribution in [2.24, 2.45) is 16.5 Å². The molecule has 0 bridgehead atoms. The quantitative estimate of drug-likeness (QED) is 0.678. The van der Waals surface area contributed by atoms with E-state index < -0.39 is 11.6 Å². The van der Waals surface area contributed by atoms with Gasteiger partial charge >= 0.3 is 0 Å². The number of hydrogen-bond donors (Lipinski definition) is 4. The zero-order valence-electron chi connectivity index (χ0n) is 11.8. The van der Waals surface area contributed by atoms with E-state index >= 15 is 0 Å². The van der Waals surface area contributed by atoms with Crippen molar-refractivity contribution in [1.29, 1.82) is 0 Å². The summed E-state index contributed by atoms with van der Waals surface area (Å²) in [6.07, 6.45) is 0.620. The Morgan fingerprint density at radius 3 is 2.90 bits per heavy atom. The Morgan fingerprint density at radius 1 is 1.48 bits per heavy atom. The van der Waals surface area contributed by atoms with Crippen molar-refractivity contribution in [3.05, 3.63) is 15.3 Å². The fourth-order valence-corrected chi connectivity index (χ4v) is 4.50. The van der Waals surface area contributed by atoms with Crippen molar-refractivity contribution < 1.29 is 8.78 Å². The summed E-state index contributed by atoms with van der Waals surface area (Å²) in [5.41, 5.74) is 12.2. The number of alkyl halides is 2. The number of aliphatic imine (C=N–C) groups is 1. The Kier molecular flexibility index (Phi) is 3.42. The van der Waals surface area contributed by atoms with Gasteiger partial charge in [-0.15, -0.1) is 11.3 Å². The van der Waals surface area contributed by atoms with Crippen LogP contribution in [-0.2, 0) is 18.5 Å². The number of nitrogens with two attached hydrogens (primary N) is 2. The molecule has 1 aliphatic heterocycles. The van der Waals surface area contributed by atoms with E-state index in [0.29, 0.717) is 30.6 Å². The zero-order chi connectivity index (χ0) is 15.3. The summed E-state index contributed by atoms with van der Waals surface area (Å²) in [6, 6.07) is 0. The maximum Gasteiger partial charge on any atom is 0.252 e. The Bertz CT molecular complexity index is 598. The van der Waals surface area contributed by atoms with Crippen LogP contribution in [0.15, 0.2) is 4.99 Å². The molecular weight excluding hydrogens is 296 g/mol.